The van der Waals surface area contributed by atoms with Crippen LogP contribution >= 0.6 is 11.3 Å². The van der Waals surface area contributed by atoms with Gasteiger partial charge in [-0.1, -0.05) is 59.2 Å². The fourth-order valence-electron chi connectivity index (χ4n) is 5.04. The molecule has 1 aliphatic heterocycles. The lowest BCUT2D eigenvalue weighted by molar-refractivity contribution is 0.0797. The minimum absolute atomic E-state index is 0.0111. The number of halogens is 7. The van der Waals surface area contributed by atoms with E-state index in [1.54, 1.807) is 0 Å². The average molecular weight is 593 g/mol. The summed E-state index contributed by atoms with van der Waals surface area (Å²) in [6.45, 7) is 10.5. The third-order valence-electron chi connectivity index (χ3n) is 7.24. The number of benzene rings is 2. The first kappa shape index (κ1) is 29.7. The number of rotatable bonds is 8. The van der Waals surface area contributed by atoms with Gasteiger partial charge in [0.2, 0.25) is 0 Å². The first-order valence-electron chi connectivity index (χ1n) is 13.0. The monoisotopic (exact) mass is 592 g/mol. The lowest BCUT2D eigenvalue weighted by Crippen LogP contribution is -2.37. The second-order valence-corrected chi connectivity index (χ2v) is 17.7. The summed E-state index contributed by atoms with van der Waals surface area (Å²) < 4.78 is 116. The Morgan fingerprint density at radius 2 is 1.13 bits per heavy atom. The molecule has 3 aromatic rings. The molecule has 214 valence electrons. The van der Waals surface area contributed by atoms with Gasteiger partial charge in [-0.2, -0.15) is 0 Å². The Morgan fingerprint density at radius 3 is 1.62 bits per heavy atom. The van der Waals surface area contributed by atoms with Gasteiger partial charge in [0.25, 0.3) is 0 Å². The molecule has 0 saturated carbocycles. The summed E-state index contributed by atoms with van der Waals surface area (Å²) in [7, 11) is -2.28. The van der Waals surface area contributed by atoms with Gasteiger partial charge >= 0.3 is 0 Å². The van der Waals surface area contributed by atoms with Crippen LogP contribution in [0.2, 0.25) is 19.6 Å². The Morgan fingerprint density at radius 1 is 0.667 bits per heavy atom. The number of fused-ring (bicyclic) bond motifs is 2. The third kappa shape index (κ3) is 5.05. The van der Waals surface area contributed by atoms with Gasteiger partial charge in [-0.3, -0.25) is 0 Å². The van der Waals surface area contributed by atoms with Gasteiger partial charge in [-0.25, -0.2) is 30.7 Å². The van der Waals surface area contributed by atoms with Crippen LogP contribution in [0.4, 0.5) is 30.7 Å². The summed E-state index contributed by atoms with van der Waals surface area (Å²) in [6.07, 6.45) is 5.30. The van der Waals surface area contributed by atoms with Gasteiger partial charge in [0.15, 0.2) is 52.2 Å². The second kappa shape index (κ2) is 11.0. The SMILES string of the molecule is CCCCC1(CCCC)COc2c(-c3c(F)c(F)c(F)c4c(F)c(F)c(F)c(F)c34)sc([Si](C)(C)C)c2OC1. The van der Waals surface area contributed by atoms with E-state index in [1.165, 1.54) is 0 Å². The molecule has 0 unspecified atom stereocenters. The largest absolute Gasteiger partial charge is 0.488 e. The second-order valence-electron chi connectivity index (χ2n) is 11.3. The average Bonchev–Trinajstić information content (AvgIpc) is 3.16. The van der Waals surface area contributed by atoms with Crippen LogP contribution in [-0.4, -0.2) is 21.3 Å². The molecule has 0 amide bonds. The molecule has 4 rings (SSSR count). The van der Waals surface area contributed by atoms with Crippen LogP contribution in [0.3, 0.4) is 0 Å². The van der Waals surface area contributed by atoms with E-state index in [4.69, 9.17) is 9.47 Å². The highest BCUT2D eigenvalue weighted by atomic mass is 32.1. The molecule has 0 fully saturated rings. The van der Waals surface area contributed by atoms with Crippen molar-refractivity contribution < 1.29 is 40.2 Å². The summed E-state index contributed by atoms with van der Waals surface area (Å²) in [5.74, 6) is -14.6. The molecule has 11 heteroatoms. The van der Waals surface area contributed by atoms with Crippen LogP contribution in [0.15, 0.2) is 0 Å². The van der Waals surface area contributed by atoms with E-state index in [2.05, 4.69) is 13.8 Å². The fourth-order valence-corrected chi connectivity index (χ4v) is 8.43. The van der Waals surface area contributed by atoms with Crippen LogP contribution in [0.1, 0.15) is 52.4 Å². The van der Waals surface area contributed by atoms with E-state index in [-0.39, 0.29) is 22.6 Å². The quantitative estimate of drug-likeness (QED) is 0.112. The number of unbranched alkanes of at least 4 members (excludes halogenated alkanes) is 2. The zero-order valence-corrected chi connectivity index (χ0v) is 24.3. The lowest BCUT2D eigenvalue weighted by Gasteiger charge is -2.31. The fraction of sp³-hybridized carbons (Fsp3) is 0.500. The summed E-state index contributed by atoms with van der Waals surface area (Å²) >= 11 is 0.926. The zero-order valence-electron chi connectivity index (χ0n) is 22.5. The molecule has 2 nitrogen and oxygen atoms in total. The summed E-state index contributed by atoms with van der Waals surface area (Å²) in [4.78, 5) is -0.185. The van der Waals surface area contributed by atoms with Crippen molar-refractivity contribution in [1.29, 1.82) is 0 Å². The third-order valence-corrected chi connectivity index (χ3v) is 12.0. The molecule has 0 spiro atoms. The lowest BCUT2D eigenvalue weighted by atomic mass is 9.79. The molecule has 1 aliphatic rings. The van der Waals surface area contributed by atoms with Gasteiger partial charge in [0.05, 0.1) is 31.6 Å². The van der Waals surface area contributed by atoms with Crippen molar-refractivity contribution in [2.75, 3.05) is 13.2 Å². The van der Waals surface area contributed by atoms with Crippen LogP contribution in [0.5, 0.6) is 11.5 Å². The summed E-state index contributed by atoms with van der Waals surface area (Å²) in [5, 5.41) is -2.74. The topological polar surface area (TPSA) is 18.5 Å². The van der Waals surface area contributed by atoms with Gasteiger partial charge in [-0.05, 0) is 12.8 Å². The predicted octanol–water partition coefficient (Wildman–Crippen LogP) is 9.23. The van der Waals surface area contributed by atoms with E-state index in [1.807, 2.05) is 19.6 Å². The first-order valence-corrected chi connectivity index (χ1v) is 17.4. The molecule has 0 N–H and O–H groups in total. The van der Waals surface area contributed by atoms with Crippen LogP contribution in [0.25, 0.3) is 21.2 Å². The molecule has 2 heterocycles. The molecule has 39 heavy (non-hydrogen) atoms. The number of thiophene rings is 1. The van der Waals surface area contributed by atoms with E-state index < -0.39 is 65.1 Å². The molecular weight excluding hydrogens is 561 g/mol. The van der Waals surface area contributed by atoms with E-state index in [0.717, 1.165) is 49.9 Å². The molecule has 2 aromatic carbocycles. The van der Waals surface area contributed by atoms with Crippen molar-refractivity contribution in [1.82, 2.24) is 0 Å². The highest BCUT2D eigenvalue weighted by Gasteiger charge is 2.41. The maximum Gasteiger partial charge on any atom is 0.198 e. The van der Waals surface area contributed by atoms with E-state index in [9.17, 15) is 22.0 Å². The van der Waals surface area contributed by atoms with E-state index >= 15 is 8.78 Å². The molecule has 0 atom stereocenters. The van der Waals surface area contributed by atoms with Crippen molar-refractivity contribution in [2.24, 2.45) is 5.41 Å². The van der Waals surface area contributed by atoms with Gasteiger partial charge < -0.3 is 9.47 Å². The van der Waals surface area contributed by atoms with Crippen LogP contribution in [0, 0.1) is 46.1 Å². The molecule has 0 saturated heterocycles. The van der Waals surface area contributed by atoms with E-state index in [0.29, 0.717) is 16.9 Å². The van der Waals surface area contributed by atoms with Gasteiger partial charge in [0, 0.05) is 20.9 Å². The van der Waals surface area contributed by atoms with Crippen molar-refractivity contribution in [2.45, 2.75) is 72.0 Å². The normalized spacial score (nSPS) is 15.2. The minimum Gasteiger partial charge on any atom is -0.488 e. The van der Waals surface area contributed by atoms with Crippen LogP contribution < -0.4 is 14.0 Å². The van der Waals surface area contributed by atoms with Gasteiger partial charge in [0.1, 0.15) is 0 Å². The highest BCUT2D eigenvalue weighted by molar-refractivity contribution is 7.29. The van der Waals surface area contributed by atoms with Crippen molar-refractivity contribution >= 4 is 34.7 Å². The molecule has 1 aromatic heterocycles. The van der Waals surface area contributed by atoms with Crippen LogP contribution in [-0.2, 0) is 0 Å². The summed E-state index contributed by atoms with van der Waals surface area (Å²) in [5.41, 5.74) is -1.30. The first-order chi connectivity index (χ1) is 18.3. The van der Waals surface area contributed by atoms with Gasteiger partial charge in [-0.15, -0.1) is 11.3 Å². The number of hydrogen-bond acceptors (Lipinski definition) is 3. The minimum atomic E-state index is -2.32. The van der Waals surface area contributed by atoms with Crippen molar-refractivity contribution in [3.63, 3.8) is 0 Å². The maximum atomic E-state index is 15.5. The summed E-state index contributed by atoms with van der Waals surface area (Å²) in [6, 6.07) is 0. The van der Waals surface area contributed by atoms with Crippen molar-refractivity contribution in [3.05, 3.63) is 40.7 Å². The smallest absolute Gasteiger partial charge is 0.198 e. The zero-order chi connectivity index (χ0) is 28.9. The molecule has 0 bridgehead atoms. The maximum absolute atomic E-state index is 15.5. The Kier molecular flexibility index (Phi) is 8.34. The Bertz CT molecular complexity index is 1400. The Hall–Kier alpha value is -2.27. The number of hydrogen-bond donors (Lipinski definition) is 0. The Balaban J connectivity index is 2.03. The Labute approximate surface area is 228 Å². The molecule has 0 aliphatic carbocycles. The molecule has 0 radical (unpaired) electrons. The predicted molar refractivity (Wildman–Crippen MR) is 142 cm³/mol. The molecular formula is C28H31F7O2SSi. The number of ether oxygens (including phenoxy) is 2. The van der Waals surface area contributed by atoms with Crippen molar-refractivity contribution in [3.8, 4) is 21.9 Å². The highest BCUT2D eigenvalue weighted by Crippen LogP contribution is 2.51. The standard InChI is InChI=1S/C28H31F7O2SSi/c1-6-8-10-28(11-9-7-2)12-36-24-25(37-13-28)27(39(3,4)5)38-26(24)16-14-15(18(30)21(33)20(16)32)19(31)23(35)22(34)17(14)29/h6-13H2,1-5H3.